The highest BCUT2D eigenvalue weighted by molar-refractivity contribution is 5.93. The Bertz CT molecular complexity index is 704. The van der Waals surface area contributed by atoms with Gasteiger partial charge in [0.25, 0.3) is 0 Å². The van der Waals surface area contributed by atoms with Crippen LogP contribution in [-0.4, -0.2) is 34.2 Å². The Kier molecular flexibility index (Phi) is 8.67. The SMILES string of the molecule is CC(C)C[C@](C)(NC(=O)[C@](C)(CC(C)C)NC(=O)OCc1ccccc1)C(=O)O. The molecule has 162 valence electrons. The summed E-state index contributed by atoms with van der Waals surface area (Å²) in [7, 11) is 0. The van der Waals surface area contributed by atoms with Crippen molar-refractivity contribution in [1.82, 2.24) is 10.6 Å². The third-order valence-electron chi connectivity index (χ3n) is 4.59. The van der Waals surface area contributed by atoms with Gasteiger partial charge >= 0.3 is 12.1 Å². The van der Waals surface area contributed by atoms with Gasteiger partial charge in [-0.1, -0.05) is 58.0 Å². The molecule has 1 aromatic rings. The number of hydrogen-bond acceptors (Lipinski definition) is 4. The molecule has 0 saturated carbocycles. The van der Waals surface area contributed by atoms with Crippen molar-refractivity contribution in [1.29, 1.82) is 0 Å². The number of carboxylic acid groups (broad SMARTS) is 1. The molecule has 7 nitrogen and oxygen atoms in total. The molecule has 0 spiro atoms. The summed E-state index contributed by atoms with van der Waals surface area (Å²) >= 11 is 0. The number of nitrogens with one attached hydrogen (secondary N) is 2. The second-order valence-corrected chi connectivity index (χ2v) is 8.81. The highest BCUT2D eigenvalue weighted by Crippen LogP contribution is 2.22. The van der Waals surface area contributed by atoms with Crippen LogP contribution in [0.25, 0.3) is 0 Å². The summed E-state index contributed by atoms with van der Waals surface area (Å²) in [4.78, 5) is 37.2. The highest BCUT2D eigenvalue weighted by Gasteiger charge is 2.43. The molecule has 29 heavy (non-hydrogen) atoms. The van der Waals surface area contributed by atoms with Crippen molar-refractivity contribution in [2.24, 2.45) is 11.8 Å². The number of carbonyl (C=O) groups is 3. The van der Waals surface area contributed by atoms with E-state index in [0.717, 1.165) is 5.56 Å². The van der Waals surface area contributed by atoms with Crippen molar-refractivity contribution < 1.29 is 24.2 Å². The van der Waals surface area contributed by atoms with Crippen LogP contribution in [0.3, 0.4) is 0 Å². The van der Waals surface area contributed by atoms with Gasteiger partial charge in [0.15, 0.2) is 0 Å². The number of rotatable bonds is 10. The fourth-order valence-corrected chi connectivity index (χ4v) is 3.40. The number of benzene rings is 1. The van der Waals surface area contributed by atoms with Crippen LogP contribution in [0, 0.1) is 11.8 Å². The smallest absolute Gasteiger partial charge is 0.408 e. The summed E-state index contributed by atoms with van der Waals surface area (Å²) in [5, 5.41) is 14.9. The Hall–Kier alpha value is -2.57. The molecule has 1 rings (SSSR count). The average Bonchev–Trinajstić information content (AvgIpc) is 2.59. The van der Waals surface area contributed by atoms with E-state index in [-0.39, 0.29) is 24.9 Å². The van der Waals surface area contributed by atoms with Crippen LogP contribution in [0.5, 0.6) is 0 Å². The van der Waals surface area contributed by atoms with Crippen molar-refractivity contribution in [3.8, 4) is 0 Å². The zero-order valence-corrected chi connectivity index (χ0v) is 18.2. The van der Waals surface area contributed by atoms with E-state index >= 15 is 0 Å². The van der Waals surface area contributed by atoms with Crippen LogP contribution in [0.15, 0.2) is 30.3 Å². The number of aliphatic carboxylic acids is 1. The van der Waals surface area contributed by atoms with Gasteiger partial charge in [0, 0.05) is 0 Å². The van der Waals surface area contributed by atoms with Gasteiger partial charge in [-0.15, -0.1) is 0 Å². The lowest BCUT2D eigenvalue weighted by atomic mass is 9.86. The van der Waals surface area contributed by atoms with Crippen molar-refractivity contribution in [2.75, 3.05) is 0 Å². The van der Waals surface area contributed by atoms with E-state index in [4.69, 9.17) is 4.74 Å². The molecular formula is C22H34N2O5. The Morgan fingerprint density at radius 2 is 1.45 bits per heavy atom. The number of carboxylic acids is 1. The van der Waals surface area contributed by atoms with Crippen LogP contribution < -0.4 is 10.6 Å². The number of hydrogen-bond donors (Lipinski definition) is 3. The normalized spacial score (nSPS) is 15.3. The first-order valence-corrected chi connectivity index (χ1v) is 9.93. The quantitative estimate of drug-likeness (QED) is 0.549. The lowest BCUT2D eigenvalue weighted by Gasteiger charge is -2.35. The minimum Gasteiger partial charge on any atom is -0.480 e. The van der Waals surface area contributed by atoms with Crippen LogP contribution in [0.1, 0.15) is 59.9 Å². The van der Waals surface area contributed by atoms with Crippen molar-refractivity contribution in [3.05, 3.63) is 35.9 Å². The van der Waals surface area contributed by atoms with Gasteiger partial charge in [-0.2, -0.15) is 0 Å². The van der Waals surface area contributed by atoms with Gasteiger partial charge in [0.05, 0.1) is 0 Å². The number of amides is 2. The van der Waals surface area contributed by atoms with Crippen LogP contribution in [0.4, 0.5) is 4.79 Å². The Morgan fingerprint density at radius 3 is 1.93 bits per heavy atom. The number of carbonyl (C=O) groups excluding carboxylic acids is 2. The van der Waals surface area contributed by atoms with Gasteiger partial charge in [-0.05, 0) is 44.1 Å². The third-order valence-corrected chi connectivity index (χ3v) is 4.59. The lowest BCUT2D eigenvalue weighted by Crippen LogP contribution is -2.63. The zero-order valence-electron chi connectivity index (χ0n) is 18.2. The summed E-state index contributed by atoms with van der Waals surface area (Å²) < 4.78 is 5.25. The first-order chi connectivity index (χ1) is 13.4. The van der Waals surface area contributed by atoms with Crippen LogP contribution >= 0.6 is 0 Å². The minimum atomic E-state index is -1.43. The van der Waals surface area contributed by atoms with Gasteiger partial charge in [0.1, 0.15) is 17.7 Å². The van der Waals surface area contributed by atoms with E-state index in [1.807, 2.05) is 58.0 Å². The van der Waals surface area contributed by atoms with E-state index in [1.54, 1.807) is 6.92 Å². The summed E-state index contributed by atoms with van der Waals surface area (Å²) in [6, 6.07) is 9.21. The minimum absolute atomic E-state index is 0.0663. The van der Waals surface area contributed by atoms with E-state index in [9.17, 15) is 19.5 Å². The second kappa shape index (κ2) is 10.3. The Balaban J connectivity index is 2.92. The maximum absolute atomic E-state index is 13.1. The molecule has 3 N–H and O–H groups in total. The summed E-state index contributed by atoms with van der Waals surface area (Å²) in [5.74, 6) is -1.51. The van der Waals surface area contributed by atoms with Gasteiger partial charge in [-0.3, -0.25) is 4.79 Å². The van der Waals surface area contributed by atoms with Crippen LogP contribution in [0.2, 0.25) is 0 Å². The number of ether oxygens (including phenoxy) is 1. The molecule has 0 aliphatic rings. The zero-order chi connectivity index (χ0) is 22.2. The molecule has 0 aliphatic heterocycles. The maximum atomic E-state index is 13.1. The molecule has 2 atom stereocenters. The summed E-state index contributed by atoms with van der Waals surface area (Å²) in [6.45, 7) is 10.8. The highest BCUT2D eigenvalue weighted by atomic mass is 16.5. The predicted molar refractivity (Wildman–Crippen MR) is 111 cm³/mol. The Morgan fingerprint density at radius 1 is 0.931 bits per heavy atom. The van der Waals surface area contributed by atoms with Gasteiger partial charge < -0.3 is 20.5 Å². The first kappa shape index (κ1) is 24.5. The molecule has 0 aliphatic carbocycles. The first-order valence-electron chi connectivity index (χ1n) is 9.93. The fraction of sp³-hybridized carbons (Fsp3) is 0.591. The summed E-state index contributed by atoms with van der Waals surface area (Å²) in [6.07, 6.45) is -0.131. The maximum Gasteiger partial charge on any atom is 0.408 e. The fourth-order valence-electron chi connectivity index (χ4n) is 3.40. The molecule has 0 radical (unpaired) electrons. The standard InChI is InChI=1S/C22H34N2O5/c1-15(2)12-21(5,18(25)23-22(6,19(26)27)13-16(3)4)24-20(28)29-14-17-10-8-7-9-11-17/h7-11,15-16H,12-14H2,1-6H3,(H,23,25)(H,24,28)(H,26,27)/t21-,22-/m0/s1. The molecule has 1 aromatic carbocycles. The monoisotopic (exact) mass is 406 g/mol. The van der Waals surface area contributed by atoms with E-state index in [1.165, 1.54) is 6.92 Å². The van der Waals surface area contributed by atoms with E-state index in [2.05, 4.69) is 10.6 Å². The average molecular weight is 407 g/mol. The molecule has 0 unspecified atom stereocenters. The lowest BCUT2D eigenvalue weighted by molar-refractivity contribution is -0.148. The van der Waals surface area contributed by atoms with E-state index in [0.29, 0.717) is 6.42 Å². The molecule has 0 aromatic heterocycles. The van der Waals surface area contributed by atoms with Crippen molar-refractivity contribution in [3.63, 3.8) is 0 Å². The van der Waals surface area contributed by atoms with Crippen molar-refractivity contribution >= 4 is 18.0 Å². The van der Waals surface area contributed by atoms with Crippen LogP contribution in [-0.2, 0) is 20.9 Å². The predicted octanol–water partition coefficient (Wildman–Crippen LogP) is 3.72. The molecule has 7 heteroatoms. The second-order valence-electron chi connectivity index (χ2n) is 8.81. The van der Waals surface area contributed by atoms with Crippen molar-refractivity contribution in [2.45, 2.75) is 72.1 Å². The van der Waals surface area contributed by atoms with Gasteiger partial charge in [0.2, 0.25) is 5.91 Å². The van der Waals surface area contributed by atoms with Gasteiger partial charge in [-0.25, -0.2) is 9.59 Å². The molecule has 2 amide bonds. The van der Waals surface area contributed by atoms with E-state index < -0.39 is 29.0 Å². The molecule has 0 saturated heterocycles. The number of alkyl carbamates (subject to hydrolysis) is 1. The molecule has 0 bridgehead atoms. The summed E-state index contributed by atoms with van der Waals surface area (Å²) in [5.41, 5.74) is -1.91. The largest absolute Gasteiger partial charge is 0.480 e. The molecule has 0 heterocycles. The Labute approximate surface area is 173 Å². The third kappa shape index (κ3) is 7.75. The topological polar surface area (TPSA) is 105 Å². The molecular weight excluding hydrogens is 372 g/mol. The molecule has 0 fully saturated rings.